The van der Waals surface area contributed by atoms with E-state index in [-0.39, 0.29) is 11.5 Å². The molecule has 1 aromatic carbocycles. The SMILES string of the molecule is CC1=NN(c2ccccc2C(F)(F)F)C(C(N)=O)N1n1ccnn1. The van der Waals surface area contributed by atoms with E-state index in [2.05, 4.69) is 15.4 Å². The summed E-state index contributed by atoms with van der Waals surface area (Å²) in [5.74, 6) is -0.649. The van der Waals surface area contributed by atoms with E-state index in [0.29, 0.717) is 0 Å². The Bertz CT molecular complexity index is 787. The second kappa shape index (κ2) is 5.51. The average Bonchev–Trinajstić information content (AvgIpc) is 3.13. The maximum Gasteiger partial charge on any atom is 0.418 e. The molecule has 24 heavy (non-hydrogen) atoms. The quantitative estimate of drug-likeness (QED) is 0.897. The van der Waals surface area contributed by atoms with E-state index in [0.717, 1.165) is 11.1 Å². The van der Waals surface area contributed by atoms with E-state index in [1.165, 1.54) is 47.3 Å². The molecular formula is C13H12F3N7O. The molecule has 2 heterocycles. The summed E-state index contributed by atoms with van der Waals surface area (Å²) in [4.78, 5) is 13.1. The summed E-state index contributed by atoms with van der Waals surface area (Å²) in [6.07, 6.45) is -3.13. The van der Waals surface area contributed by atoms with Gasteiger partial charge < -0.3 is 5.73 Å². The van der Waals surface area contributed by atoms with Crippen molar-refractivity contribution in [2.24, 2.45) is 10.8 Å². The largest absolute Gasteiger partial charge is 0.418 e. The zero-order valence-corrected chi connectivity index (χ0v) is 12.3. The summed E-state index contributed by atoms with van der Waals surface area (Å²) in [7, 11) is 0. The topological polar surface area (TPSA) is 92.6 Å². The molecule has 1 aromatic heterocycles. The number of aromatic nitrogens is 3. The lowest BCUT2D eigenvalue weighted by molar-refractivity contribution is -0.137. The number of nitrogens with zero attached hydrogens (tertiary/aromatic N) is 6. The van der Waals surface area contributed by atoms with Crippen molar-refractivity contribution in [2.75, 3.05) is 10.0 Å². The standard InChI is InChI=1S/C13H12F3N7O/c1-8-19-22(10-5-3-2-4-9(10)13(14,15)16)12(11(17)24)23(8)21-7-6-18-20-21/h2-7,12H,1H3,(H2,17,24). The number of para-hydroxylation sites is 1. The molecule has 126 valence electrons. The minimum Gasteiger partial charge on any atom is -0.366 e. The van der Waals surface area contributed by atoms with Crippen LogP contribution in [0.4, 0.5) is 18.9 Å². The third kappa shape index (κ3) is 2.53. The monoisotopic (exact) mass is 339 g/mol. The number of carbonyl (C=O) groups is 1. The molecule has 8 nitrogen and oxygen atoms in total. The predicted molar refractivity (Wildman–Crippen MR) is 78.3 cm³/mol. The van der Waals surface area contributed by atoms with Crippen LogP contribution in [-0.2, 0) is 11.0 Å². The summed E-state index contributed by atoms with van der Waals surface area (Å²) in [5.41, 5.74) is 4.20. The highest BCUT2D eigenvalue weighted by atomic mass is 19.4. The molecule has 3 rings (SSSR count). The first kappa shape index (κ1) is 15.8. The van der Waals surface area contributed by atoms with Crippen molar-refractivity contribution in [1.29, 1.82) is 0 Å². The van der Waals surface area contributed by atoms with Crippen molar-refractivity contribution in [3.8, 4) is 0 Å². The van der Waals surface area contributed by atoms with Crippen molar-refractivity contribution < 1.29 is 18.0 Å². The van der Waals surface area contributed by atoms with Crippen LogP contribution >= 0.6 is 0 Å². The fourth-order valence-corrected chi connectivity index (χ4v) is 2.45. The van der Waals surface area contributed by atoms with Gasteiger partial charge >= 0.3 is 6.18 Å². The zero-order chi connectivity index (χ0) is 17.5. The molecule has 0 radical (unpaired) electrons. The number of alkyl halides is 3. The Kier molecular flexibility index (Phi) is 3.62. The van der Waals surface area contributed by atoms with Crippen LogP contribution in [0, 0.1) is 0 Å². The van der Waals surface area contributed by atoms with Crippen LogP contribution in [0.1, 0.15) is 12.5 Å². The minimum atomic E-state index is -4.61. The van der Waals surface area contributed by atoms with Gasteiger partial charge in [0.2, 0.25) is 6.17 Å². The van der Waals surface area contributed by atoms with Gasteiger partial charge in [-0.1, -0.05) is 12.1 Å². The van der Waals surface area contributed by atoms with Gasteiger partial charge in [0.15, 0.2) is 0 Å². The fourth-order valence-electron chi connectivity index (χ4n) is 2.45. The van der Waals surface area contributed by atoms with E-state index in [1.54, 1.807) is 0 Å². The molecule has 2 N–H and O–H groups in total. The Morgan fingerprint density at radius 2 is 2.00 bits per heavy atom. The summed E-state index contributed by atoms with van der Waals surface area (Å²) in [5, 5.41) is 13.6. The van der Waals surface area contributed by atoms with Gasteiger partial charge in [0, 0.05) is 0 Å². The second-order valence-corrected chi connectivity index (χ2v) is 4.95. The number of rotatable bonds is 3. The summed E-state index contributed by atoms with van der Waals surface area (Å²) in [6.45, 7) is 1.52. The van der Waals surface area contributed by atoms with Gasteiger partial charge in [-0.25, -0.2) is 10.0 Å². The Morgan fingerprint density at radius 3 is 2.58 bits per heavy atom. The van der Waals surface area contributed by atoms with E-state index in [9.17, 15) is 18.0 Å². The number of halogens is 3. The first-order valence-electron chi connectivity index (χ1n) is 6.76. The predicted octanol–water partition coefficient (Wildman–Crippen LogP) is 0.900. The number of amidine groups is 1. The van der Waals surface area contributed by atoms with E-state index >= 15 is 0 Å². The van der Waals surface area contributed by atoms with Gasteiger partial charge in [-0.05, 0) is 24.3 Å². The molecule has 11 heteroatoms. The molecule has 0 fully saturated rings. The van der Waals surface area contributed by atoms with E-state index in [1.807, 2.05) is 0 Å². The minimum absolute atomic E-state index is 0.237. The number of amides is 1. The van der Waals surface area contributed by atoms with Crippen molar-refractivity contribution in [1.82, 2.24) is 15.1 Å². The Labute approximate surface area is 133 Å². The molecule has 0 saturated heterocycles. The van der Waals surface area contributed by atoms with Crippen molar-refractivity contribution in [2.45, 2.75) is 19.3 Å². The zero-order valence-electron chi connectivity index (χ0n) is 12.3. The van der Waals surface area contributed by atoms with Crippen molar-refractivity contribution in [3.63, 3.8) is 0 Å². The van der Waals surface area contributed by atoms with Crippen LogP contribution in [-0.4, -0.2) is 33.0 Å². The van der Waals surface area contributed by atoms with E-state index < -0.39 is 23.8 Å². The summed E-state index contributed by atoms with van der Waals surface area (Å²) < 4.78 is 39.8. The molecular weight excluding hydrogens is 327 g/mol. The van der Waals surface area contributed by atoms with Gasteiger partial charge in [0.25, 0.3) is 5.91 Å². The number of nitrogens with two attached hydrogens (primary N) is 1. The second-order valence-electron chi connectivity index (χ2n) is 4.95. The third-order valence-electron chi connectivity index (χ3n) is 3.39. The lowest BCUT2D eigenvalue weighted by Crippen LogP contribution is -2.55. The van der Waals surface area contributed by atoms with Gasteiger partial charge in [-0.3, -0.25) is 4.79 Å². The number of benzene rings is 1. The average molecular weight is 339 g/mol. The smallest absolute Gasteiger partial charge is 0.366 e. The van der Waals surface area contributed by atoms with Gasteiger partial charge in [-0.2, -0.15) is 23.1 Å². The molecule has 1 atom stereocenters. The first-order valence-corrected chi connectivity index (χ1v) is 6.76. The number of primary amides is 1. The molecule has 0 saturated carbocycles. The number of anilines is 1. The van der Waals surface area contributed by atoms with Gasteiger partial charge in [0.1, 0.15) is 5.84 Å². The maximum absolute atomic E-state index is 13.3. The Morgan fingerprint density at radius 1 is 1.29 bits per heavy atom. The normalized spacial score (nSPS) is 18.0. The fraction of sp³-hybridized carbons (Fsp3) is 0.231. The van der Waals surface area contributed by atoms with Crippen LogP contribution < -0.4 is 15.8 Å². The molecule has 0 aliphatic carbocycles. The van der Waals surface area contributed by atoms with Crippen molar-refractivity contribution >= 4 is 17.4 Å². The molecule has 1 aliphatic heterocycles. The van der Waals surface area contributed by atoms with Gasteiger partial charge in [-0.15, -0.1) is 5.10 Å². The highest BCUT2D eigenvalue weighted by Crippen LogP contribution is 2.38. The highest BCUT2D eigenvalue weighted by molar-refractivity contribution is 6.01. The van der Waals surface area contributed by atoms with Gasteiger partial charge in [0.05, 0.1) is 23.6 Å². The molecule has 2 aromatic rings. The summed E-state index contributed by atoms with van der Waals surface area (Å²) in [6, 6.07) is 4.82. The number of hydrazone groups is 1. The summed E-state index contributed by atoms with van der Waals surface area (Å²) >= 11 is 0. The Hall–Kier alpha value is -3.11. The molecule has 1 aliphatic rings. The van der Waals surface area contributed by atoms with Crippen LogP contribution in [0.15, 0.2) is 41.8 Å². The Balaban J connectivity index is 2.11. The number of hydrogen-bond acceptors (Lipinski definition) is 6. The highest BCUT2D eigenvalue weighted by Gasteiger charge is 2.43. The van der Waals surface area contributed by atoms with Crippen molar-refractivity contribution in [3.05, 3.63) is 42.2 Å². The number of carbonyl (C=O) groups excluding carboxylic acids is 1. The lowest BCUT2D eigenvalue weighted by atomic mass is 10.1. The van der Waals surface area contributed by atoms with E-state index in [4.69, 9.17) is 5.73 Å². The third-order valence-corrected chi connectivity index (χ3v) is 3.39. The molecule has 0 spiro atoms. The molecule has 1 amide bonds. The van der Waals surface area contributed by atoms with Crippen LogP contribution in [0.25, 0.3) is 0 Å². The lowest BCUT2D eigenvalue weighted by Gasteiger charge is -2.29. The van der Waals surface area contributed by atoms with Crippen LogP contribution in [0.2, 0.25) is 0 Å². The van der Waals surface area contributed by atoms with Crippen LogP contribution in [0.3, 0.4) is 0 Å². The number of hydrogen-bond donors (Lipinski definition) is 1. The van der Waals surface area contributed by atoms with Crippen LogP contribution in [0.5, 0.6) is 0 Å². The molecule has 0 bridgehead atoms. The first-order chi connectivity index (χ1) is 11.3. The molecule has 1 unspecified atom stereocenters. The maximum atomic E-state index is 13.3.